The van der Waals surface area contributed by atoms with E-state index in [9.17, 15) is 9.59 Å². The summed E-state index contributed by atoms with van der Waals surface area (Å²) in [6.45, 7) is 4.72. The van der Waals surface area contributed by atoms with Gasteiger partial charge in [-0.3, -0.25) is 9.59 Å². The Kier molecular flexibility index (Phi) is 7.20. The van der Waals surface area contributed by atoms with Crippen LogP contribution in [0.5, 0.6) is 0 Å². The van der Waals surface area contributed by atoms with Crippen molar-refractivity contribution in [1.82, 2.24) is 5.32 Å². The number of nitrogens with one attached hydrogen (secondary N) is 2. The molecule has 2 amide bonds. The number of carbonyl (C=O) groups is 2. The van der Waals surface area contributed by atoms with Crippen molar-refractivity contribution in [2.24, 2.45) is 5.92 Å². The van der Waals surface area contributed by atoms with Crippen molar-refractivity contribution in [2.45, 2.75) is 33.1 Å². The molecule has 0 saturated heterocycles. The summed E-state index contributed by atoms with van der Waals surface area (Å²) in [5.41, 5.74) is 2.24. The average Bonchev–Trinajstić information content (AvgIpc) is 2.61. The lowest BCUT2D eigenvalue weighted by molar-refractivity contribution is -0.116. The van der Waals surface area contributed by atoms with Crippen LogP contribution in [-0.2, 0) is 11.2 Å². The first-order chi connectivity index (χ1) is 12.1. The van der Waals surface area contributed by atoms with E-state index in [0.29, 0.717) is 30.1 Å². The highest BCUT2D eigenvalue weighted by Gasteiger charge is 2.13. The molecule has 0 unspecified atom stereocenters. The van der Waals surface area contributed by atoms with Crippen LogP contribution in [0.1, 0.15) is 42.6 Å². The molecular formula is C21H26N2O2. The predicted octanol–water partition coefficient (Wildman–Crippen LogP) is 4.03. The maximum Gasteiger partial charge on any atom is 0.253 e. The second-order valence-electron chi connectivity index (χ2n) is 6.52. The first kappa shape index (κ1) is 18.7. The molecule has 4 heteroatoms. The molecule has 0 saturated carbocycles. The van der Waals surface area contributed by atoms with Crippen LogP contribution in [0.4, 0.5) is 5.69 Å². The van der Waals surface area contributed by atoms with E-state index < -0.39 is 0 Å². The number of anilines is 1. The van der Waals surface area contributed by atoms with E-state index in [1.807, 2.05) is 36.4 Å². The lowest BCUT2D eigenvalue weighted by atomic mass is 10.1. The van der Waals surface area contributed by atoms with Crippen LogP contribution in [0.25, 0.3) is 0 Å². The van der Waals surface area contributed by atoms with Crippen molar-refractivity contribution in [1.29, 1.82) is 0 Å². The average molecular weight is 338 g/mol. The van der Waals surface area contributed by atoms with Gasteiger partial charge in [0.2, 0.25) is 5.91 Å². The van der Waals surface area contributed by atoms with E-state index in [4.69, 9.17) is 0 Å². The molecule has 2 aromatic carbocycles. The fraction of sp³-hybridized carbons (Fsp3) is 0.333. The number of carbonyl (C=O) groups excluding carboxylic acids is 2. The Balaban J connectivity index is 1.92. The maximum atomic E-state index is 12.4. The molecule has 0 atom stereocenters. The molecule has 0 fully saturated rings. The topological polar surface area (TPSA) is 58.2 Å². The largest absolute Gasteiger partial charge is 0.352 e. The number of benzene rings is 2. The summed E-state index contributed by atoms with van der Waals surface area (Å²) in [6.07, 6.45) is 2.06. The second-order valence-corrected chi connectivity index (χ2v) is 6.52. The van der Waals surface area contributed by atoms with E-state index in [1.165, 1.54) is 5.56 Å². The Morgan fingerprint density at radius 2 is 1.64 bits per heavy atom. The quantitative estimate of drug-likeness (QED) is 0.763. The molecule has 2 N–H and O–H groups in total. The summed E-state index contributed by atoms with van der Waals surface area (Å²) >= 11 is 0. The zero-order chi connectivity index (χ0) is 18.1. The van der Waals surface area contributed by atoms with E-state index in [2.05, 4.69) is 24.5 Å². The normalized spacial score (nSPS) is 10.5. The Hall–Kier alpha value is -2.62. The Morgan fingerprint density at radius 3 is 2.36 bits per heavy atom. The zero-order valence-corrected chi connectivity index (χ0v) is 14.9. The summed E-state index contributed by atoms with van der Waals surface area (Å²) in [7, 11) is 0. The molecule has 0 bridgehead atoms. The second kappa shape index (κ2) is 9.62. The molecule has 2 rings (SSSR count). The standard InChI is InChI=1S/C21H26N2O2/c1-16(2)12-13-20(24)23-19-11-7-6-10-18(19)21(25)22-15-14-17-8-4-3-5-9-17/h3-11,16H,12-15H2,1-2H3,(H,22,25)(H,23,24). The van der Waals surface area contributed by atoms with Crippen molar-refractivity contribution in [3.63, 3.8) is 0 Å². The van der Waals surface area contributed by atoms with Crippen molar-refractivity contribution in [3.05, 3.63) is 65.7 Å². The van der Waals surface area contributed by atoms with Gasteiger partial charge < -0.3 is 10.6 Å². The van der Waals surface area contributed by atoms with Crippen molar-refractivity contribution in [2.75, 3.05) is 11.9 Å². The Labute approximate surface area is 149 Å². The van der Waals surface area contributed by atoms with Gasteiger partial charge in [0.05, 0.1) is 11.3 Å². The lowest BCUT2D eigenvalue weighted by Gasteiger charge is -2.12. The minimum Gasteiger partial charge on any atom is -0.352 e. The molecule has 0 radical (unpaired) electrons. The molecule has 0 heterocycles. The van der Waals surface area contributed by atoms with Gasteiger partial charge >= 0.3 is 0 Å². The number of hydrogen-bond acceptors (Lipinski definition) is 2. The van der Waals surface area contributed by atoms with Crippen LogP contribution in [0.2, 0.25) is 0 Å². The third-order valence-corrected chi connectivity index (χ3v) is 3.94. The van der Waals surface area contributed by atoms with Crippen molar-refractivity contribution >= 4 is 17.5 Å². The van der Waals surface area contributed by atoms with Crippen LogP contribution in [0.3, 0.4) is 0 Å². The van der Waals surface area contributed by atoms with Crippen molar-refractivity contribution < 1.29 is 9.59 Å². The molecule has 0 aliphatic heterocycles. The lowest BCUT2D eigenvalue weighted by Crippen LogP contribution is -2.27. The van der Waals surface area contributed by atoms with Crippen LogP contribution in [-0.4, -0.2) is 18.4 Å². The molecule has 0 aliphatic rings. The molecule has 25 heavy (non-hydrogen) atoms. The minimum absolute atomic E-state index is 0.0572. The summed E-state index contributed by atoms with van der Waals surface area (Å²) in [6, 6.07) is 17.1. The molecule has 132 valence electrons. The van der Waals surface area contributed by atoms with Gasteiger partial charge in [-0.15, -0.1) is 0 Å². The van der Waals surface area contributed by atoms with Gasteiger partial charge in [0.1, 0.15) is 0 Å². The van der Waals surface area contributed by atoms with Gasteiger partial charge in [0, 0.05) is 13.0 Å². The molecule has 0 aliphatic carbocycles. The fourth-order valence-corrected chi connectivity index (χ4v) is 2.48. The van der Waals surface area contributed by atoms with Gasteiger partial charge in [0.15, 0.2) is 0 Å². The van der Waals surface area contributed by atoms with Crippen LogP contribution in [0, 0.1) is 5.92 Å². The third-order valence-electron chi connectivity index (χ3n) is 3.94. The van der Waals surface area contributed by atoms with E-state index in [0.717, 1.165) is 12.8 Å². The van der Waals surface area contributed by atoms with Crippen molar-refractivity contribution in [3.8, 4) is 0 Å². The summed E-state index contributed by atoms with van der Waals surface area (Å²) < 4.78 is 0. The molecule has 0 aromatic heterocycles. The Morgan fingerprint density at radius 1 is 0.960 bits per heavy atom. The number of hydrogen-bond donors (Lipinski definition) is 2. The van der Waals surface area contributed by atoms with Crippen LogP contribution >= 0.6 is 0 Å². The van der Waals surface area contributed by atoms with Gasteiger partial charge in [-0.25, -0.2) is 0 Å². The van der Waals surface area contributed by atoms with Gasteiger partial charge in [-0.2, -0.15) is 0 Å². The SMILES string of the molecule is CC(C)CCC(=O)Nc1ccccc1C(=O)NCCc1ccccc1. The maximum absolute atomic E-state index is 12.4. The molecule has 2 aromatic rings. The molecule has 0 spiro atoms. The zero-order valence-electron chi connectivity index (χ0n) is 14.9. The van der Waals surface area contributed by atoms with Gasteiger partial charge in [0.25, 0.3) is 5.91 Å². The number of rotatable bonds is 8. The highest BCUT2D eigenvalue weighted by atomic mass is 16.2. The monoisotopic (exact) mass is 338 g/mol. The molecule has 4 nitrogen and oxygen atoms in total. The fourth-order valence-electron chi connectivity index (χ4n) is 2.48. The predicted molar refractivity (Wildman–Crippen MR) is 102 cm³/mol. The first-order valence-electron chi connectivity index (χ1n) is 8.77. The summed E-state index contributed by atoms with van der Waals surface area (Å²) in [4.78, 5) is 24.5. The number of amides is 2. The van der Waals surface area contributed by atoms with E-state index in [-0.39, 0.29) is 11.8 Å². The van der Waals surface area contributed by atoms with E-state index in [1.54, 1.807) is 18.2 Å². The van der Waals surface area contributed by atoms with E-state index >= 15 is 0 Å². The van der Waals surface area contributed by atoms with Gasteiger partial charge in [-0.05, 0) is 36.5 Å². The van der Waals surface area contributed by atoms with Crippen LogP contribution in [0.15, 0.2) is 54.6 Å². The third kappa shape index (κ3) is 6.42. The Bertz CT molecular complexity index is 696. The molecular weight excluding hydrogens is 312 g/mol. The highest BCUT2D eigenvalue weighted by Crippen LogP contribution is 2.16. The minimum atomic E-state index is -0.171. The smallest absolute Gasteiger partial charge is 0.253 e. The van der Waals surface area contributed by atoms with Gasteiger partial charge in [-0.1, -0.05) is 56.3 Å². The highest BCUT2D eigenvalue weighted by molar-refractivity contribution is 6.03. The summed E-state index contributed by atoms with van der Waals surface area (Å²) in [5, 5.41) is 5.78. The first-order valence-corrected chi connectivity index (χ1v) is 8.77. The summed E-state index contributed by atoms with van der Waals surface area (Å²) in [5.74, 6) is 0.246. The number of para-hydroxylation sites is 1. The van der Waals surface area contributed by atoms with Crippen LogP contribution < -0.4 is 10.6 Å².